The monoisotopic (exact) mass is 211 g/mol. The van der Waals surface area contributed by atoms with Crippen molar-refractivity contribution in [3.8, 4) is 10.4 Å². The van der Waals surface area contributed by atoms with Crippen molar-refractivity contribution in [2.45, 2.75) is 0 Å². The Kier molecular flexibility index (Phi) is 3.34. The first-order valence-corrected chi connectivity index (χ1v) is 4.64. The van der Waals surface area contributed by atoms with Crippen LogP contribution in [0.1, 0.15) is 0 Å². The zero-order valence-electron chi connectivity index (χ0n) is 6.94. The molecular formula is C10H10ClNS. The summed E-state index contributed by atoms with van der Waals surface area (Å²) in [5.74, 6) is 0. The Bertz CT molecular complexity index is 370. The van der Waals surface area contributed by atoms with Crippen LogP contribution in [-0.2, 0) is 0 Å². The first-order valence-electron chi connectivity index (χ1n) is 3.76. The van der Waals surface area contributed by atoms with Crippen molar-refractivity contribution in [3.05, 3.63) is 41.8 Å². The van der Waals surface area contributed by atoms with Gasteiger partial charge in [-0.3, -0.25) is 0 Å². The summed E-state index contributed by atoms with van der Waals surface area (Å²) in [7, 11) is 0. The number of benzene rings is 1. The first kappa shape index (κ1) is 10.1. The van der Waals surface area contributed by atoms with Gasteiger partial charge in [0.05, 0.1) is 0 Å². The minimum atomic E-state index is 0. The van der Waals surface area contributed by atoms with Gasteiger partial charge >= 0.3 is 0 Å². The standard InChI is InChI=1S/C10H9NS.ClH/c11-9-5-2-1-4-8(9)10-6-3-7-12-10;/h1-7H,11H2;1H. The fraction of sp³-hybridized carbons (Fsp3) is 0. The molecule has 68 valence electrons. The van der Waals surface area contributed by atoms with Crippen molar-refractivity contribution in [2.24, 2.45) is 0 Å². The van der Waals surface area contributed by atoms with E-state index >= 15 is 0 Å². The van der Waals surface area contributed by atoms with Crippen LogP contribution >= 0.6 is 23.7 Å². The van der Waals surface area contributed by atoms with E-state index in [1.165, 1.54) is 4.88 Å². The molecule has 3 heteroatoms. The van der Waals surface area contributed by atoms with Crippen molar-refractivity contribution in [2.75, 3.05) is 5.73 Å². The van der Waals surface area contributed by atoms with Gasteiger partial charge in [-0.25, -0.2) is 0 Å². The molecule has 0 aliphatic rings. The lowest BCUT2D eigenvalue weighted by Crippen LogP contribution is -1.86. The number of para-hydroxylation sites is 1. The maximum Gasteiger partial charge on any atom is 0.0401 e. The van der Waals surface area contributed by atoms with E-state index in [-0.39, 0.29) is 12.4 Å². The molecule has 1 nitrogen and oxygen atoms in total. The number of thiophene rings is 1. The van der Waals surface area contributed by atoms with Gasteiger partial charge in [0.15, 0.2) is 0 Å². The topological polar surface area (TPSA) is 26.0 Å². The molecule has 0 radical (unpaired) electrons. The maximum atomic E-state index is 5.82. The van der Waals surface area contributed by atoms with Crippen LogP contribution in [0.15, 0.2) is 41.8 Å². The Labute approximate surface area is 87.6 Å². The molecule has 0 unspecified atom stereocenters. The molecule has 0 spiro atoms. The zero-order chi connectivity index (χ0) is 8.39. The summed E-state index contributed by atoms with van der Waals surface area (Å²) in [6.45, 7) is 0. The van der Waals surface area contributed by atoms with Crippen LogP contribution in [0.5, 0.6) is 0 Å². The molecule has 2 N–H and O–H groups in total. The lowest BCUT2D eigenvalue weighted by Gasteiger charge is -2.00. The van der Waals surface area contributed by atoms with Gasteiger partial charge < -0.3 is 5.73 Å². The van der Waals surface area contributed by atoms with Crippen LogP contribution in [-0.4, -0.2) is 0 Å². The van der Waals surface area contributed by atoms with E-state index in [1.54, 1.807) is 11.3 Å². The van der Waals surface area contributed by atoms with E-state index in [0.717, 1.165) is 11.3 Å². The largest absolute Gasteiger partial charge is 0.398 e. The van der Waals surface area contributed by atoms with Gasteiger partial charge in [0, 0.05) is 16.1 Å². The van der Waals surface area contributed by atoms with Crippen LogP contribution in [0.3, 0.4) is 0 Å². The summed E-state index contributed by atoms with van der Waals surface area (Å²) < 4.78 is 0. The average molecular weight is 212 g/mol. The lowest BCUT2D eigenvalue weighted by atomic mass is 10.1. The van der Waals surface area contributed by atoms with E-state index < -0.39 is 0 Å². The fourth-order valence-electron chi connectivity index (χ4n) is 1.15. The summed E-state index contributed by atoms with van der Waals surface area (Å²) in [6, 6.07) is 12.0. The normalized spacial score (nSPS) is 9.23. The summed E-state index contributed by atoms with van der Waals surface area (Å²) >= 11 is 1.71. The van der Waals surface area contributed by atoms with Crippen molar-refractivity contribution in [1.82, 2.24) is 0 Å². The number of nitrogens with two attached hydrogens (primary N) is 1. The third-order valence-electron chi connectivity index (χ3n) is 1.75. The molecule has 13 heavy (non-hydrogen) atoms. The van der Waals surface area contributed by atoms with E-state index in [9.17, 15) is 0 Å². The Balaban J connectivity index is 0.000000845. The zero-order valence-corrected chi connectivity index (χ0v) is 8.57. The summed E-state index contributed by atoms with van der Waals surface area (Å²) in [4.78, 5) is 1.23. The maximum absolute atomic E-state index is 5.82. The Hall–Kier alpha value is -0.990. The Morgan fingerprint density at radius 1 is 1.00 bits per heavy atom. The van der Waals surface area contributed by atoms with Crippen LogP contribution < -0.4 is 5.73 Å². The van der Waals surface area contributed by atoms with Gasteiger partial charge in [-0.15, -0.1) is 23.7 Å². The Morgan fingerprint density at radius 3 is 2.38 bits per heavy atom. The van der Waals surface area contributed by atoms with Crippen LogP contribution in [0.2, 0.25) is 0 Å². The van der Waals surface area contributed by atoms with Gasteiger partial charge in [0.25, 0.3) is 0 Å². The van der Waals surface area contributed by atoms with Crippen molar-refractivity contribution in [3.63, 3.8) is 0 Å². The highest BCUT2D eigenvalue weighted by Crippen LogP contribution is 2.28. The second kappa shape index (κ2) is 4.30. The minimum absolute atomic E-state index is 0. The molecule has 1 heterocycles. The van der Waals surface area contributed by atoms with Gasteiger partial charge in [0.1, 0.15) is 0 Å². The highest BCUT2D eigenvalue weighted by Gasteiger charge is 2.00. The highest BCUT2D eigenvalue weighted by atomic mass is 35.5. The molecule has 1 aromatic carbocycles. The van der Waals surface area contributed by atoms with Gasteiger partial charge in [-0.1, -0.05) is 24.3 Å². The molecule has 0 aliphatic carbocycles. The highest BCUT2D eigenvalue weighted by molar-refractivity contribution is 7.13. The number of nitrogen functional groups attached to an aromatic ring is 1. The number of hydrogen-bond donors (Lipinski definition) is 1. The van der Waals surface area contributed by atoms with Crippen LogP contribution in [0, 0.1) is 0 Å². The molecule has 0 saturated heterocycles. The molecule has 2 rings (SSSR count). The van der Waals surface area contributed by atoms with E-state index in [2.05, 4.69) is 11.4 Å². The van der Waals surface area contributed by atoms with Crippen molar-refractivity contribution in [1.29, 1.82) is 0 Å². The van der Waals surface area contributed by atoms with Crippen molar-refractivity contribution >= 4 is 29.4 Å². The average Bonchev–Trinajstić information content (AvgIpc) is 2.57. The van der Waals surface area contributed by atoms with Crippen molar-refractivity contribution < 1.29 is 0 Å². The van der Waals surface area contributed by atoms with E-state index in [0.29, 0.717) is 0 Å². The first-order chi connectivity index (χ1) is 5.88. The smallest absolute Gasteiger partial charge is 0.0401 e. The van der Waals surface area contributed by atoms with E-state index in [4.69, 9.17) is 5.73 Å². The fourth-order valence-corrected chi connectivity index (χ4v) is 1.93. The molecule has 0 fully saturated rings. The van der Waals surface area contributed by atoms with Crippen LogP contribution in [0.25, 0.3) is 10.4 Å². The molecule has 0 bridgehead atoms. The molecule has 0 atom stereocenters. The van der Waals surface area contributed by atoms with Gasteiger partial charge in [-0.2, -0.15) is 0 Å². The number of rotatable bonds is 1. The predicted molar refractivity (Wildman–Crippen MR) is 61.4 cm³/mol. The molecular weight excluding hydrogens is 202 g/mol. The molecule has 1 aromatic heterocycles. The molecule has 0 saturated carbocycles. The van der Waals surface area contributed by atoms with Crippen LogP contribution in [0.4, 0.5) is 5.69 Å². The molecule has 2 aromatic rings. The second-order valence-corrected chi connectivity index (χ2v) is 3.51. The number of hydrogen-bond acceptors (Lipinski definition) is 2. The van der Waals surface area contributed by atoms with E-state index in [1.807, 2.05) is 30.3 Å². The van der Waals surface area contributed by atoms with Gasteiger partial charge in [0.2, 0.25) is 0 Å². The SMILES string of the molecule is Cl.Nc1ccccc1-c1cccs1. The number of halogens is 1. The summed E-state index contributed by atoms with van der Waals surface area (Å²) in [6.07, 6.45) is 0. The number of anilines is 1. The van der Waals surface area contributed by atoms with Gasteiger partial charge in [-0.05, 0) is 17.5 Å². The quantitative estimate of drug-likeness (QED) is 0.719. The minimum Gasteiger partial charge on any atom is -0.398 e. The Morgan fingerprint density at radius 2 is 1.77 bits per heavy atom. The summed E-state index contributed by atoms with van der Waals surface area (Å²) in [5.41, 5.74) is 7.80. The molecule has 0 aliphatic heterocycles. The summed E-state index contributed by atoms with van der Waals surface area (Å²) in [5, 5.41) is 2.06. The second-order valence-electron chi connectivity index (χ2n) is 2.56. The third-order valence-corrected chi connectivity index (χ3v) is 2.65. The molecule has 0 amide bonds. The third kappa shape index (κ3) is 2.02. The predicted octanol–water partition coefficient (Wildman–Crippen LogP) is 3.42. The lowest BCUT2D eigenvalue weighted by molar-refractivity contribution is 1.68.